The molecule has 0 heterocycles. The normalized spacial score (nSPS) is 14.3. The highest BCUT2D eigenvalue weighted by atomic mass is 31.2. The number of hydrogen-bond donors (Lipinski definition) is 3. The summed E-state index contributed by atoms with van der Waals surface area (Å²) in [4.78, 5) is 72.9. The fourth-order valence-electron chi connectivity index (χ4n) is 11.6. The molecule has 0 aromatic carbocycles. The van der Waals surface area contributed by atoms with Crippen LogP contribution in [0.4, 0.5) is 0 Å². The lowest BCUT2D eigenvalue weighted by molar-refractivity contribution is -0.161. The third-order valence-corrected chi connectivity index (χ3v) is 20.0. The molecule has 0 spiro atoms. The molecule has 0 saturated carbocycles. The predicted octanol–water partition coefficient (Wildman–Crippen LogP) is 22.3. The van der Waals surface area contributed by atoms with E-state index in [9.17, 15) is 43.2 Å². The van der Waals surface area contributed by atoms with E-state index in [1.54, 1.807) is 0 Å². The van der Waals surface area contributed by atoms with Gasteiger partial charge in [0.2, 0.25) is 0 Å². The van der Waals surface area contributed by atoms with Gasteiger partial charge in [-0.25, -0.2) is 9.13 Å². The number of unbranched alkanes of at least 4 members (excludes halogenated alkanes) is 44. The topological polar surface area (TPSA) is 237 Å². The number of phosphoric acid groups is 2. The average molecular weight is 1400 g/mol. The van der Waals surface area contributed by atoms with Crippen molar-refractivity contribution in [2.75, 3.05) is 39.6 Å². The highest BCUT2D eigenvalue weighted by Crippen LogP contribution is 2.45. The van der Waals surface area contributed by atoms with Gasteiger partial charge in [0, 0.05) is 25.7 Å². The van der Waals surface area contributed by atoms with Crippen LogP contribution in [0.2, 0.25) is 0 Å². The molecule has 3 N–H and O–H groups in total. The molecule has 6 atom stereocenters. The second kappa shape index (κ2) is 67.9. The summed E-state index contributed by atoms with van der Waals surface area (Å²) >= 11 is 0. The Balaban J connectivity index is 5.27. The van der Waals surface area contributed by atoms with Gasteiger partial charge in [0.15, 0.2) is 12.2 Å². The minimum Gasteiger partial charge on any atom is -0.462 e. The summed E-state index contributed by atoms with van der Waals surface area (Å²) in [6, 6.07) is 0. The molecule has 0 saturated heterocycles. The van der Waals surface area contributed by atoms with Gasteiger partial charge in [0.25, 0.3) is 0 Å². The van der Waals surface area contributed by atoms with Crippen LogP contribution in [-0.2, 0) is 65.4 Å². The molecular formula is C76H148O17P2. The molecule has 0 aromatic heterocycles. The third kappa shape index (κ3) is 69.0. The Morgan fingerprint density at radius 2 is 0.537 bits per heavy atom. The second-order valence-corrected chi connectivity index (χ2v) is 31.0. The molecule has 0 aliphatic heterocycles. The molecule has 17 nitrogen and oxygen atoms in total. The maximum atomic E-state index is 13.1. The Hall–Kier alpha value is -1.94. The number of aliphatic hydroxyl groups is 1. The Kier molecular flexibility index (Phi) is 66.5. The third-order valence-electron chi connectivity index (χ3n) is 18.1. The zero-order chi connectivity index (χ0) is 70.0. The minimum absolute atomic E-state index is 0.107. The van der Waals surface area contributed by atoms with Crippen molar-refractivity contribution in [2.45, 2.75) is 413 Å². The van der Waals surface area contributed by atoms with Crippen LogP contribution in [0.15, 0.2) is 0 Å². The lowest BCUT2D eigenvalue weighted by Gasteiger charge is -2.21. The molecule has 564 valence electrons. The molecule has 0 radical (unpaired) electrons. The standard InChI is InChI=1S/C76H148O17P2/c1-7-10-12-14-16-18-20-22-23-25-29-33-40-46-52-58-73(78)86-64-71(92-76(81)61-55-49-43-35-31-27-26-28-32-38-44-50-56-68(4)5)66-90-94(82,83)88-62-70(77)63-89-95(84,85)91-67-72(65-87-74(79)59-53-47-41-37-36-39-45-51-57-69(6)9-3)93-75(80)60-54-48-42-34-30-24-21-19-17-15-13-11-8-2/h68-72,77H,7-67H2,1-6H3,(H,82,83)(H,84,85)/t69?,70-,71-,72-/m1/s1. The van der Waals surface area contributed by atoms with E-state index in [0.717, 1.165) is 102 Å². The van der Waals surface area contributed by atoms with Crippen LogP contribution in [0, 0.1) is 11.8 Å². The van der Waals surface area contributed by atoms with Crippen LogP contribution in [0.25, 0.3) is 0 Å². The summed E-state index contributed by atoms with van der Waals surface area (Å²) in [6.07, 6.45) is 55.2. The van der Waals surface area contributed by atoms with Crippen LogP contribution in [0.5, 0.6) is 0 Å². The van der Waals surface area contributed by atoms with Crippen molar-refractivity contribution in [3.63, 3.8) is 0 Å². The lowest BCUT2D eigenvalue weighted by Crippen LogP contribution is -2.30. The first kappa shape index (κ1) is 93.1. The van der Waals surface area contributed by atoms with Gasteiger partial charge in [-0.3, -0.25) is 37.3 Å². The smallest absolute Gasteiger partial charge is 0.462 e. The minimum atomic E-state index is -4.96. The number of ether oxygens (including phenoxy) is 4. The average Bonchev–Trinajstić information content (AvgIpc) is 1.59. The summed E-state index contributed by atoms with van der Waals surface area (Å²) in [7, 11) is -9.91. The van der Waals surface area contributed by atoms with Crippen molar-refractivity contribution >= 4 is 39.5 Å². The van der Waals surface area contributed by atoms with Crippen LogP contribution in [0.1, 0.15) is 395 Å². The molecule has 0 aliphatic carbocycles. The molecule has 0 fully saturated rings. The van der Waals surface area contributed by atoms with E-state index < -0.39 is 97.5 Å². The molecule has 3 unspecified atom stereocenters. The first-order valence-electron chi connectivity index (χ1n) is 39.5. The Bertz CT molecular complexity index is 1840. The SMILES string of the molecule is CCCCCCCCCCCCCCCCCC(=O)OC[C@H](COP(=O)(O)OC[C@@H](O)COP(=O)(O)OC[C@@H](COC(=O)CCCCCCCCCCC(C)CC)OC(=O)CCCCCCCCCCCCCCC)OC(=O)CCCCCCCCCCCCCCC(C)C. The number of phosphoric ester groups is 2. The summed E-state index contributed by atoms with van der Waals surface area (Å²) in [5, 5.41) is 10.6. The molecule has 95 heavy (non-hydrogen) atoms. The lowest BCUT2D eigenvalue weighted by atomic mass is 9.99. The highest BCUT2D eigenvalue weighted by Gasteiger charge is 2.30. The quantitative estimate of drug-likeness (QED) is 0.0222. The van der Waals surface area contributed by atoms with E-state index in [4.69, 9.17) is 37.0 Å². The maximum absolute atomic E-state index is 13.1. The number of esters is 4. The van der Waals surface area contributed by atoms with Gasteiger partial charge in [0.05, 0.1) is 26.4 Å². The maximum Gasteiger partial charge on any atom is 0.472 e. The first-order valence-corrected chi connectivity index (χ1v) is 42.5. The monoisotopic (exact) mass is 1400 g/mol. The summed E-state index contributed by atoms with van der Waals surface area (Å²) < 4.78 is 68.6. The van der Waals surface area contributed by atoms with Crippen molar-refractivity contribution in [2.24, 2.45) is 11.8 Å². The van der Waals surface area contributed by atoms with Gasteiger partial charge in [-0.15, -0.1) is 0 Å². The van der Waals surface area contributed by atoms with E-state index in [-0.39, 0.29) is 25.7 Å². The number of rotatable bonds is 75. The molecule has 19 heteroatoms. The Labute approximate surface area is 581 Å². The number of aliphatic hydroxyl groups excluding tert-OH is 1. The van der Waals surface area contributed by atoms with Crippen LogP contribution >= 0.6 is 15.6 Å². The number of hydrogen-bond acceptors (Lipinski definition) is 15. The summed E-state index contributed by atoms with van der Waals surface area (Å²) in [5.74, 6) is -0.559. The predicted molar refractivity (Wildman–Crippen MR) is 386 cm³/mol. The van der Waals surface area contributed by atoms with E-state index in [1.807, 2.05) is 0 Å². The van der Waals surface area contributed by atoms with Gasteiger partial charge in [0.1, 0.15) is 19.3 Å². The van der Waals surface area contributed by atoms with Gasteiger partial charge in [-0.05, 0) is 37.5 Å². The molecule has 0 rings (SSSR count). The van der Waals surface area contributed by atoms with Crippen LogP contribution in [0.3, 0.4) is 0 Å². The van der Waals surface area contributed by atoms with Gasteiger partial charge in [-0.1, -0.05) is 343 Å². The van der Waals surface area contributed by atoms with E-state index >= 15 is 0 Å². The second-order valence-electron chi connectivity index (χ2n) is 28.1. The van der Waals surface area contributed by atoms with E-state index in [2.05, 4.69) is 41.5 Å². The Morgan fingerprint density at radius 1 is 0.305 bits per heavy atom. The van der Waals surface area contributed by atoms with Crippen LogP contribution < -0.4 is 0 Å². The van der Waals surface area contributed by atoms with Crippen molar-refractivity contribution in [1.82, 2.24) is 0 Å². The molecule has 0 aliphatic rings. The largest absolute Gasteiger partial charge is 0.472 e. The zero-order valence-corrected chi connectivity index (χ0v) is 63.8. The summed E-state index contributed by atoms with van der Waals surface area (Å²) in [6.45, 7) is 9.62. The fourth-order valence-corrected chi connectivity index (χ4v) is 13.2. The highest BCUT2D eigenvalue weighted by molar-refractivity contribution is 7.47. The van der Waals surface area contributed by atoms with Crippen molar-refractivity contribution in [3.05, 3.63) is 0 Å². The molecule has 0 bridgehead atoms. The van der Waals surface area contributed by atoms with E-state index in [1.165, 1.54) is 212 Å². The Morgan fingerprint density at radius 3 is 0.800 bits per heavy atom. The molecule has 0 amide bonds. The van der Waals surface area contributed by atoms with Crippen LogP contribution in [-0.4, -0.2) is 96.7 Å². The molecular weight excluding hydrogens is 1250 g/mol. The molecule has 0 aromatic rings. The number of carbonyl (C=O) groups is 4. The first-order chi connectivity index (χ1) is 45.9. The van der Waals surface area contributed by atoms with Crippen molar-refractivity contribution in [1.29, 1.82) is 0 Å². The zero-order valence-electron chi connectivity index (χ0n) is 62.0. The van der Waals surface area contributed by atoms with Crippen molar-refractivity contribution < 1.29 is 80.2 Å². The van der Waals surface area contributed by atoms with Gasteiger partial charge >= 0.3 is 39.5 Å². The fraction of sp³-hybridized carbons (Fsp3) is 0.947. The van der Waals surface area contributed by atoms with Gasteiger partial charge < -0.3 is 33.8 Å². The summed E-state index contributed by atoms with van der Waals surface area (Å²) in [5.41, 5.74) is 0. The van der Waals surface area contributed by atoms with Crippen molar-refractivity contribution in [3.8, 4) is 0 Å². The van der Waals surface area contributed by atoms with Gasteiger partial charge in [-0.2, -0.15) is 0 Å². The number of carbonyl (C=O) groups excluding carboxylic acids is 4. The van der Waals surface area contributed by atoms with E-state index in [0.29, 0.717) is 25.7 Å².